The molecule has 0 bridgehead atoms. The molecule has 1 N–H and O–H groups in total. The van der Waals surface area contributed by atoms with E-state index >= 15 is 0 Å². The van der Waals surface area contributed by atoms with Gasteiger partial charge in [-0.1, -0.05) is 35.3 Å². The molecule has 2 amide bonds. The number of carbonyl (C=O) groups is 2. The van der Waals surface area contributed by atoms with Gasteiger partial charge >= 0.3 is 0 Å². The number of carbonyl (C=O) groups excluding carboxylic acids is 2. The maximum atomic E-state index is 13.4. The minimum atomic E-state index is -0.326. The largest absolute Gasteiger partial charge is 0.332 e. The van der Waals surface area contributed by atoms with Crippen LogP contribution in [0.5, 0.6) is 0 Å². The van der Waals surface area contributed by atoms with Crippen molar-refractivity contribution in [2.75, 3.05) is 5.32 Å². The highest BCUT2D eigenvalue weighted by atomic mass is 35.5. The Balaban J connectivity index is 1.75. The van der Waals surface area contributed by atoms with Gasteiger partial charge in [0.2, 0.25) is 11.8 Å². The zero-order valence-corrected chi connectivity index (χ0v) is 20.0. The second kappa shape index (κ2) is 11.4. The molecule has 0 aliphatic heterocycles. The van der Waals surface area contributed by atoms with Crippen LogP contribution in [-0.2, 0) is 22.7 Å². The summed E-state index contributed by atoms with van der Waals surface area (Å²) in [7, 11) is 0. The van der Waals surface area contributed by atoms with Gasteiger partial charge in [0.05, 0.1) is 27.5 Å². The molecule has 0 aliphatic carbocycles. The number of halogens is 2. The van der Waals surface area contributed by atoms with Gasteiger partial charge in [-0.2, -0.15) is 0 Å². The van der Waals surface area contributed by atoms with E-state index in [9.17, 15) is 9.59 Å². The minimum Gasteiger partial charge on any atom is -0.332 e. The van der Waals surface area contributed by atoms with Crippen LogP contribution in [0.2, 0.25) is 10.0 Å². The molecule has 1 heterocycles. The van der Waals surface area contributed by atoms with Crippen LogP contribution in [0.4, 0.5) is 5.69 Å². The van der Waals surface area contributed by atoms with Crippen LogP contribution in [0, 0.1) is 0 Å². The normalized spacial score (nSPS) is 11.6. The molecular weight excluding hydrogens is 465 g/mol. The predicted molar refractivity (Wildman–Crippen MR) is 131 cm³/mol. The average molecular weight is 488 g/mol. The van der Waals surface area contributed by atoms with Gasteiger partial charge in [-0.15, -0.1) is 11.8 Å². The molecule has 3 aromatic rings. The maximum Gasteiger partial charge on any atom is 0.236 e. The van der Waals surface area contributed by atoms with Crippen molar-refractivity contribution in [3.63, 3.8) is 0 Å². The zero-order chi connectivity index (χ0) is 23.1. The molecule has 0 aliphatic rings. The number of hydrogen-bond donors (Lipinski definition) is 1. The van der Waals surface area contributed by atoms with Crippen molar-refractivity contribution < 1.29 is 9.59 Å². The van der Waals surface area contributed by atoms with Gasteiger partial charge in [0, 0.05) is 30.2 Å². The molecular formula is C24H23Cl2N3O2S. The van der Waals surface area contributed by atoms with Crippen molar-refractivity contribution in [2.24, 2.45) is 0 Å². The van der Waals surface area contributed by atoms with Crippen LogP contribution in [0.1, 0.15) is 25.1 Å². The van der Waals surface area contributed by atoms with Crippen molar-refractivity contribution in [1.29, 1.82) is 0 Å². The van der Waals surface area contributed by atoms with E-state index in [1.807, 2.05) is 55.5 Å². The van der Waals surface area contributed by atoms with Crippen LogP contribution in [0.15, 0.2) is 71.8 Å². The fourth-order valence-corrected chi connectivity index (χ4v) is 4.36. The van der Waals surface area contributed by atoms with E-state index in [0.29, 0.717) is 23.1 Å². The summed E-state index contributed by atoms with van der Waals surface area (Å²) in [6.07, 6.45) is 1.71. The number of hydrogen-bond acceptors (Lipinski definition) is 4. The van der Waals surface area contributed by atoms with Gasteiger partial charge in [-0.25, -0.2) is 0 Å². The van der Waals surface area contributed by atoms with Gasteiger partial charge in [0.1, 0.15) is 0 Å². The fourth-order valence-electron chi connectivity index (χ4n) is 3.09. The van der Waals surface area contributed by atoms with E-state index in [1.165, 1.54) is 18.7 Å². The summed E-state index contributed by atoms with van der Waals surface area (Å²) in [4.78, 5) is 31.6. The number of anilines is 1. The van der Waals surface area contributed by atoms with Crippen molar-refractivity contribution in [2.45, 2.75) is 37.1 Å². The van der Waals surface area contributed by atoms with Gasteiger partial charge in [0.25, 0.3) is 0 Å². The molecule has 8 heteroatoms. The van der Waals surface area contributed by atoms with Crippen LogP contribution >= 0.6 is 35.0 Å². The lowest BCUT2D eigenvalue weighted by atomic mass is 10.2. The SMILES string of the molecule is CC(=O)Nc1ccc(SC(C)C(=O)N(Cc2ccc(Cl)c(Cl)c2)Cc2ccccn2)cc1. The van der Waals surface area contributed by atoms with Gasteiger partial charge in [0.15, 0.2) is 0 Å². The van der Waals surface area contributed by atoms with Crippen molar-refractivity contribution >= 4 is 52.5 Å². The third-order valence-corrected chi connectivity index (χ3v) is 6.42. The van der Waals surface area contributed by atoms with Gasteiger partial charge in [-0.3, -0.25) is 14.6 Å². The Morgan fingerprint density at radius 2 is 1.78 bits per heavy atom. The third-order valence-electron chi connectivity index (χ3n) is 4.58. The maximum absolute atomic E-state index is 13.4. The molecule has 1 unspecified atom stereocenters. The van der Waals surface area contributed by atoms with E-state index in [1.54, 1.807) is 23.2 Å². The smallest absolute Gasteiger partial charge is 0.236 e. The molecule has 5 nitrogen and oxygen atoms in total. The number of nitrogens with one attached hydrogen (secondary N) is 1. The number of thioether (sulfide) groups is 1. The number of rotatable bonds is 8. The molecule has 1 aromatic heterocycles. The molecule has 0 saturated carbocycles. The lowest BCUT2D eigenvalue weighted by Gasteiger charge is -2.26. The first kappa shape index (κ1) is 24.1. The van der Waals surface area contributed by atoms with Crippen LogP contribution < -0.4 is 5.32 Å². The number of nitrogens with zero attached hydrogens (tertiary/aromatic N) is 2. The van der Waals surface area contributed by atoms with Crippen LogP contribution in [0.3, 0.4) is 0 Å². The lowest BCUT2D eigenvalue weighted by Crippen LogP contribution is -2.36. The molecule has 3 rings (SSSR count). The lowest BCUT2D eigenvalue weighted by molar-refractivity contribution is -0.131. The Morgan fingerprint density at radius 3 is 2.41 bits per heavy atom. The molecule has 0 saturated heterocycles. The molecule has 0 fully saturated rings. The Bertz CT molecular complexity index is 1080. The number of benzene rings is 2. The summed E-state index contributed by atoms with van der Waals surface area (Å²) >= 11 is 13.7. The first-order valence-electron chi connectivity index (χ1n) is 9.99. The second-order valence-corrected chi connectivity index (χ2v) is 9.46. The first-order valence-corrected chi connectivity index (χ1v) is 11.6. The van der Waals surface area contributed by atoms with E-state index < -0.39 is 0 Å². The Kier molecular flexibility index (Phi) is 8.56. The summed E-state index contributed by atoms with van der Waals surface area (Å²) < 4.78 is 0. The molecule has 1 atom stereocenters. The third kappa shape index (κ3) is 6.99. The molecule has 0 radical (unpaired) electrons. The predicted octanol–water partition coefficient (Wildman–Crippen LogP) is 6.06. The fraction of sp³-hybridized carbons (Fsp3) is 0.208. The Labute approximate surface area is 202 Å². The van der Waals surface area contributed by atoms with E-state index in [2.05, 4.69) is 10.3 Å². The van der Waals surface area contributed by atoms with Crippen LogP contribution in [-0.4, -0.2) is 26.9 Å². The number of amides is 2. The highest BCUT2D eigenvalue weighted by Crippen LogP contribution is 2.28. The summed E-state index contributed by atoms with van der Waals surface area (Å²) in [5, 5.41) is 3.34. The van der Waals surface area contributed by atoms with Crippen molar-refractivity contribution in [1.82, 2.24) is 9.88 Å². The van der Waals surface area contributed by atoms with Gasteiger partial charge < -0.3 is 10.2 Å². The van der Waals surface area contributed by atoms with E-state index in [0.717, 1.165) is 21.8 Å². The zero-order valence-electron chi connectivity index (χ0n) is 17.7. The summed E-state index contributed by atoms with van der Waals surface area (Å²) in [6.45, 7) is 4.12. The van der Waals surface area contributed by atoms with Crippen molar-refractivity contribution in [3.8, 4) is 0 Å². The number of aromatic nitrogens is 1. The second-order valence-electron chi connectivity index (χ2n) is 7.23. The van der Waals surface area contributed by atoms with Crippen LogP contribution in [0.25, 0.3) is 0 Å². The van der Waals surface area contributed by atoms with Gasteiger partial charge in [-0.05, 0) is 61.0 Å². The molecule has 32 heavy (non-hydrogen) atoms. The standard InChI is InChI=1S/C24H23Cl2N3O2S/c1-16(32-21-9-7-19(8-10-21)28-17(2)30)24(31)29(15-20-5-3-4-12-27-20)14-18-6-11-22(25)23(26)13-18/h3-13,16H,14-15H2,1-2H3,(H,28,30). The molecule has 0 spiro atoms. The highest BCUT2D eigenvalue weighted by Gasteiger charge is 2.23. The summed E-state index contributed by atoms with van der Waals surface area (Å²) in [5.74, 6) is -0.140. The van der Waals surface area contributed by atoms with E-state index in [4.69, 9.17) is 23.2 Å². The average Bonchev–Trinajstić information content (AvgIpc) is 2.77. The Morgan fingerprint density at radius 1 is 1.03 bits per heavy atom. The summed E-state index contributed by atoms with van der Waals surface area (Å²) in [5.41, 5.74) is 2.41. The van der Waals surface area contributed by atoms with E-state index in [-0.39, 0.29) is 17.1 Å². The Hall–Kier alpha value is -2.54. The molecule has 2 aromatic carbocycles. The topological polar surface area (TPSA) is 62.3 Å². The highest BCUT2D eigenvalue weighted by molar-refractivity contribution is 8.00. The van der Waals surface area contributed by atoms with Crippen molar-refractivity contribution in [3.05, 3.63) is 88.2 Å². The summed E-state index contributed by atoms with van der Waals surface area (Å²) in [6, 6.07) is 18.4. The number of pyridine rings is 1. The quantitative estimate of drug-likeness (QED) is 0.392. The minimum absolute atomic E-state index is 0.0161. The first-order chi connectivity index (χ1) is 15.3. The molecule has 166 valence electrons. The monoisotopic (exact) mass is 487 g/mol.